The van der Waals surface area contributed by atoms with E-state index in [1.165, 1.54) is 6.20 Å². The van der Waals surface area contributed by atoms with E-state index in [9.17, 15) is 9.59 Å². The van der Waals surface area contributed by atoms with Crippen molar-refractivity contribution in [3.63, 3.8) is 0 Å². The normalized spacial score (nSPS) is 17.7. The van der Waals surface area contributed by atoms with Gasteiger partial charge in [-0.3, -0.25) is 9.59 Å². The molecule has 0 unspecified atom stereocenters. The molecule has 15 heavy (non-hydrogen) atoms. The Hall–Kier alpha value is -1.30. The number of ketones is 1. The molecule has 0 radical (unpaired) electrons. The Balaban J connectivity index is 1.87. The Kier molecular flexibility index (Phi) is 3.05. The Bertz CT molecular complexity index is 353. The molecule has 1 saturated carbocycles. The molecule has 6 heteroatoms. The lowest BCUT2D eigenvalue weighted by Gasteiger charge is -2.21. The van der Waals surface area contributed by atoms with Crippen molar-refractivity contribution in [2.45, 2.75) is 31.7 Å². The van der Waals surface area contributed by atoms with Crippen molar-refractivity contribution >= 4 is 23.2 Å². The molecule has 1 N–H and O–H groups in total. The van der Waals surface area contributed by atoms with E-state index in [2.05, 4.69) is 14.9 Å². The Morgan fingerprint density at radius 2 is 2.20 bits per heavy atom. The van der Waals surface area contributed by atoms with Crippen molar-refractivity contribution in [2.75, 3.05) is 0 Å². The van der Waals surface area contributed by atoms with E-state index in [1.54, 1.807) is 0 Å². The minimum atomic E-state index is -0.135. The first kappa shape index (κ1) is 10.2. The molecule has 5 nitrogen and oxygen atoms in total. The van der Waals surface area contributed by atoms with E-state index in [-0.39, 0.29) is 11.9 Å². The van der Waals surface area contributed by atoms with Crippen molar-refractivity contribution in [3.8, 4) is 0 Å². The summed E-state index contributed by atoms with van der Waals surface area (Å²) in [5.74, 6) is 0.157. The standard InChI is InChI=1S/C9H11N3O2S/c13-7-3-1-6(2-4-7)11-9(14)8-5-10-12-15-8/h5-6H,1-4H2,(H,11,14). The SMILES string of the molecule is O=C1CCC(NC(=O)c2cnns2)CC1. The first-order valence-electron chi connectivity index (χ1n) is 4.85. The molecule has 1 heterocycles. The van der Waals surface area contributed by atoms with E-state index in [4.69, 9.17) is 0 Å². The number of aromatic nitrogens is 2. The number of nitrogens with one attached hydrogen (secondary N) is 1. The fourth-order valence-corrected chi connectivity index (χ4v) is 2.03. The van der Waals surface area contributed by atoms with Crippen LogP contribution in [0.15, 0.2) is 6.20 Å². The van der Waals surface area contributed by atoms with Crippen LogP contribution in [0, 0.1) is 0 Å². The Labute approximate surface area is 91.0 Å². The van der Waals surface area contributed by atoms with Crippen LogP contribution in [0.1, 0.15) is 35.4 Å². The second-order valence-electron chi connectivity index (χ2n) is 3.57. The number of carbonyl (C=O) groups is 2. The molecular formula is C9H11N3O2S. The molecule has 1 aliphatic carbocycles. The molecule has 1 aliphatic rings. The van der Waals surface area contributed by atoms with Gasteiger partial charge in [0, 0.05) is 18.9 Å². The molecule has 0 spiro atoms. The summed E-state index contributed by atoms with van der Waals surface area (Å²) in [5.41, 5.74) is 0. The first-order chi connectivity index (χ1) is 7.25. The van der Waals surface area contributed by atoms with Gasteiger partial charge in [0.2, 0.25) is 0 Å². The average Bonchev–Trinajstić information content (AvgIpc) is 2.74. The summed E-state index contributed by atoms with van der Waals surface area (Å²) in [5, 5.41) is 6.48. The van der Waals surface area contributed by atoms with E-state index in [1.807, 2.05) is 0 Å². The number of carbonyl (C=O) groups excluding carboxylic acids is 2. The molecule has 1 amide bonds. The zero-order valence-electron chi connectivity index (χ0n) is 8.10. The van der Waals surface area contributed by atoms with Crippen LogP contribution in [-0.4, -0.2) is 27.3 Å². The number of nitrogens with zero attached hydrogens (tertiary/aromatic N) is 2. The van der Waals surface area contributed by atoms with Crippen LogP contribution >= 0.6 is 11.5 Å². The van der Waals surface area contributed by atoms with Gasteiger partial charge in [-0.25, -0.2) is 0 Å². The highest BCUT2D eigenvalue weighted by molar-refractivity contribution is 7.07. The zero-order chi connectivity index (χ0) is 10.7. The molecule has 0 atom stereocenters. The number of amides is 1. The van der Waals surface area contributed by atoms with Crippen molar-refractivity contribution in [2.24, 2.45) is 0 Å². The fraction of sp³-hybridized carbons (Fsp3) is 0.556. The van der Waals surface area contributed by atoms with Gasteiger partial charge in [-0.05, 0) is 24.4 Å². The lowest BCUT2D eigenvalue weighted by atomic mass is 9.94. The predicted octanol–water partition coefficient (Wildman–Crippen LogP) is 0.780. The number of hydrogen-bond acceptors (Lipinski definition) is 5. The summed E-state index contributed by atoms with van der Waals surface area (Å²) in [6.45, 7) is 0. The Morgan fingerprint density at radius 3 is 2.80 bits per heavy atom. The van der Waals surface area contributed by atoms with Crippen LogP contribution in [0.5, 0.6) is 0 Å². The van der Waals surface area contributed by atoms with Gasteiger partial charge in [-0.1, -0.05) is 4.49 Å². The van der Waals surface area contributed by atoms with Gasteiger partial charge in [0.05, 0.1) is 6.20 Å². The van der Waals surface area contributed by atoms with E-state index in [0.717, 1.165) is 24.4 Å². The molecular weight excluding hydrogens is 214 g/mol. The summed E-state index contributed by atoms with van der Waals surface area (Å²) in [6.07, 6.45) is 4.10. The molecule has 2 rings (SSSR count). The van der Waals surface area contributed by atoms with Crippen molar-refractivity contribution in [1.29, 1.82) is 0 Å². The maximum Gasteiger partial charge on any atom is 0.264 e. The third-order valence-corrected chi connectivity index (χ3v) is 3.13. The predicted molar refractivity (Wildman–Crippen MR) is 54.6 cm³/mol. The molecule has 80 valence electrons. The first-order valence-corrected chi connectivity index (χ1v) is 5.63. The third kappa shape index (κ3) is 2.59. The topological polar surface area (TPSA) is 72.0 Å². The van der Waals surface area contributed by atoms with Gasteiger partial charge in [0.15, 0.2) is 0 Å². The van der Waals surface area contributed by atoms with Crippen molar-refractivity contribution in [1.82, 2.24) is 14.9 Å². The Morgan fingerprint density at radius 1 is 1.47 bits per heavy atom. The summed E-state index contributed by atoms with van der Waals surface area (Å²) in [6, 6.07) is 0.122. The summed E-state index contributed by atoms with van der Waals surface area (Å²) >= 11 is 1.08. The van der Waals surface area contributed by atoms with Crippen LogP contribution in [0.4, 0.5) is 0 Å². The average molecular weight is 225 g/mol. The van der Waals surface area contributed by atoms with Crippen LogP contribution in [0.25, 0.3) is 0 Å². The van der Waals surface area contributed by atoms with Crippen LogP contribution in [-0.2, 0) is 4.79 Å². The minimum Gasteiger partial charge on any atom is -0.348 e. The minimum absolute atomic E-state index is 0.122. The molecule has 1 aromatic rings. The molecule has 0 aliphatic heterocycles. The van der Waals surface area contributed by atoms with Gasteiger partial charge in [0.25, 0.3) is 5.91 Å². The quantitative estimate of drug-likeness (QED) is 0.807. The third-order valence-electron chi connectivity index (χ3n) is 2.46. The van der Waals surface area contributed by atoms with E-state index < -0.39 is 0 Å². The lowest BCUT2D eigenvalue weighted by Crippen LogP contribution is -2.37. The summed E-state index contributed by atoms with van der Waals surface area (Å²) in [4.78, 5) is 23.1. The molecule has 0 aromatic carbocycles. The van der Waals surface area contributed by atoms with Crippen LogP contribution in [0.2, 0.25) is 0 Å². The molecule has 0 bridgehead atoms. The second-order valence-corrected chi connectivity index (χ2v) is 4.35. The number of hydrogen-bond donors (Lipinski definition) is 1. The van der Waals surface area contributed by atoms with Crippen LogP contribution in [0.3, 0.4) is 0 Å². The highest BCUT2D eigenvalue weighted by Gasteiger charge is 2.21. The van der Waals surface area contributed by atoms with E-state index in [0.29, 0.717) is 23.5 Å². The molecule has 0 saturated heterocycles. The van der Waals surface area contributed by atoms with Crippen LogP contribution < -0.4 is 5.32 Å². The smallest absolute Gasteiger partial charge is 0.264 e. The van der Waals surface area contributed by atoms with Gasteiger partial charge >= 0.3 is 0 Å². The largest absolute Gasteiger partial charge is 0.348 e. The summed E-state index contributed by atoms with van der Waals surface area (Å²) in [7, 11) is 0. The summed E-state index contributed by atoms with van der Waals surface area (Å²) < 4.78 is 3.63. The lowest BCUT2D eigenvalue weighted by molar-refractivity contribution is -0.120. The highest BCUT2D eigenvalue weighted by Crippen LogP contribution is 2.15. The van der Waals surface area contributed by atoms with Gasteiger partial charge in [-0.15, -0.1) is 5.10 Å². The maximum absolute atomic E-state index is 11.6. The maximum atomic E-state index is 11.6. The van der Waals surface area contributed by atoms with Gasteiger partial charge < -0.3 is 5.32 Å². The van der Waals surface area contributed by atoms with Crippen molar-refractivity contribution in [3.05, 3.63) is 11.1 Å². The zero-order valence-corrected chi connectivity index (χ0v) is 8.92. The molecule has 1 aromatic heterocycles. The monoisotopic (exact) mass is 225 g/mol. The van der Waals surface area contributed by atoms with Gasteiger partial charge in [0.1, 0.15) is 10.7 Å². The fourth-order valence-electron chi connectivity index (χ4n) is 1.61. The second kappa shape index (κ2) is 4.48. The van der Waals surface area contributed by atoms with Crippen molar-refractivity contribution < 1.29 is 9.59 Å². The van der Waals surface area contributed by atoms with Gasteiger partial charge in [-0.2, -0.15) is 0 Å². The molecule has 1 fully saturated rings. The number of Topliss-reactive ketones (excluding diaryl/α,β-unsaturated/α-hetero) is 1. The highest BCUT2D eigenvalue weighted by atomic mass is 32.1. The van der Waals surface area contributed by atoms with E-state index >= 15 is 0 Å². The number of rotatable bonds is 2.